The third kappa shape index (κ3) is 2.76. The Bertz CT molecular complexity index is 167. The van der Waals surface area contributed by atoms with Crippen LogP contribution in [0.4, 0.5) is 0 Å². The topological polar surface area (TPSA) is 34.1 Å². The summed E-state index contributed by atoms with van der Waals surface area (Å²) in [6.45, 7) is 1.64. The van der Waals surface area contributed by atoms with E-state index in [2.05, 4.69) is 0 Å². The van der Waals surface area contributed by atoms with Gasteiger partial charge in [0.2, 0.25) is 0 Å². The molecular weight excluding hydrogens is 152 g/mol. The van der Waals surface area contributed by atoms with Crippen LogP contribution in [0.3, 0.4) is 0 Å². The Kier molecular flexibility index (Phi) is 3.45. The van der Waals surface area contributed by atoms with Crippen molar-refractivity contribution in [1.82, 2.24) is 0 Å². The average molecular weight is 168 g/mol. The number of hydrogen-bond acceptors (Lipinski definition) is 2. The Balaban J connectivity index is 2.26. The lowest BCUT2D eigenvalue weighted by atomic mass is 9.80. The SMILES string of the molecule is CC(=O)C[C@H]1CC[C@@H](C=O)CC1. The summed E-state index contributed by atoms with van der Waals surface area (Å²) in [6, 6.07) is 0. The van der Waals surface area contributed by atoms with Gasteiger partial charge in [-0.05, 0) is 38.5 Å². The van der Waals surface area contributed by atoms with E-state index in [-0.39, 0.29) is 11.7 Å². The summed E-state index contributed by atoms with van der Waals surface area (Å²) < 4.78 is 0. The molecule has 0 N–H and O–H groups in total. The highest BCUT2D eigenvalue weighted by Crippen LogP contribution is 2.29. The second-order valence-corrected chi connectivity index (χ2v) is 3.82. The Hall–Kier alpha value is -0.660. The molecule has 0 amide bonds. The lowest BCUT2D eigenvalue weighted by Crippen LogP contribution is -2.17. The van der Waals surface area contributed by atoms with Gasteiger partial charge in [0.15, 0.2) is 0 Å². The zero-order valence-electron chi connectivity index (χ0n) is 7.58. The summed E-state index contributed by atoms with van der Waals surface area (Å²) in [7, 11) is 0. The van der Waals surface area contributed by atoms with Gasteiger partial charge in [-0.1, -0.05) is 0 Å². The third-order valence-electron chi connectivity index (χ3n) is 2.66. The fourth-order valence-corrected chi connectivity index (χ4v) is 1.93. The van der Waals surface area contributed by atoms with Gasteiger partial charge >= 0.3 is 0 Å². The first-order valence-electron chi connectivity index (χ1n) is 4.67. The Morgan fingerprint density at radius 2 is 1.92 bits per heavy atom. The van der Waals surface area contributed by atoms with Crippen LogP contribution in [0, 0.1) is 11.8 Å². The number of Topliss-reactive ketones (excluding diaryl/α,β-unsaturated/α-hetero) is 1. The van der Waals surface area contributed by atoms with E-state index in [1.807, 2.05) is 0 Å². The van der Waals surface area contributed by atoms with Gasteiger partial charge in [0.1, 0.15) is 12.1 Å². The summed E-state index contributed by atoms with van der Waals surface area (Å²) in [4.78, 5) is 21.2. The van der Waals surface area contributed by atoms with E-state index in [9.17, 15) is 9.59 Å². The summed E-state index contributed by atoms with van der Waals surface area (Å²) >= 11 is 0. The van der Waals surface area contributed by atoms with Crippen LogP contribution in [0.5, 0.6) is 0 Å². The van der Waals surface area contributed by atoms with Crippen molar-refractivity contribution in [3.8, 4) is 0 Å². The Labute approximate surface area is 73.3 Å². The molecule has 0 aliphatic heterocycles. The lowest BCUT2D eigenvalue weighted by Gasteiger charge is -2.24. The van der Waals surface area contributed by atoms with Crippen LogP contribution < -0.4 is 0 Å². The second kappa shape index (κ2) is 4.39. The van der Waals surface area contributed by atoms with Crippen molar-refractivity contribution in [3.63, 3.8) is 0 Å². The first-order chi connectivity index (χ1) is 5.72. The molecule has 0 spiro atoms. The predicted octanol–water partition coefficient (Wildman–Crippen LogP) is 1.97. The van der Waals surface area contributed by atoms with Crippen molar-refractivity contribution in [2.45, 2.75) is 39.0 Å². The van der Waals surface area contributed by atoms with Crippen molar-refractivity contribution in [2.75, 3.05) is 0 Å². The summed E-state index contributed by atoms with van der Waals surface area (Å²) in [5.41, 5.74) is 0. The number of carbonyl (C=O) groups excluding carboxylic acids is 2. The maximum atomic E-state index is 10.8. The van der Waals surface area contributed by atoms with Gasteiger partial charge in [0.25, 0.3) is 0 Å². The van der Waals surface area contributed by atoms with E-state index in [4.69, 9.17) is 0 Å². The maximum absolute atomic E-state index is 10.8. The van der Waals surface area contributed by atoms with Gasteiger partial charge in [-0.15, -0.1) is 0 Å². The zero-order chi connectivity index (χ0) is 8.97. The van der Waals surface area contributed by atoms with Crippen LogP contribution in [0.15, 0.2) is 0 Å². The van der Waals surface area contributed by atoms with Crippen molar-refractivity contribution >= 4 is 12.1 Å². The fourth-order valence-electron chi connectivity index (χ4n) is 1.93. The van der Waals surface area contributed by atoms with E-state index in [1.54, 1.807) is 6.92 Å². The fraction of sp³-hybridized carbons (Fsp3) is 0.800. The quantitative estimate of drug-likeness (QED) is 0.604. The largest absolute Gasteiger partial charge is 0.303 e. The molecule has 0 saturated heterocycles. The molecule has 1 aliphatic carbocycles. The highest BCUT2D eigenvalue weighted by molar-refractivity contribution is 5.75. The van der Waals surface area contributed by atoms with Gasteiger partial charge in [0, 0.05) is 12.3 Å². The molecule has 0 aromatic heterocycles. The monoisotopic (exact) mass is 168 g/mol. The normalized spacial score (nSPS) is 29.8. The van der Waals surface area contributed by atoms with Crippen LogP contribution in [0.2, 0.25) is 0 Å². The molecule has 1 saturated carbocycles. The van der Waals surface area contributed by atoms with E-state index in [0.29, 0.717) is 12.3 Å². The number of ketones is 1. The Morgan fingerprint density at radius 1 is 1.33 bits per heavy atom. The molecule has 0 unspecified atom stereocenters. The summed E-state index contributed by atoms with van der Waals surface area (Å²) in [6.07, 6.45) is 5.87. The van der Waals surface area contributed by atoms with Crippen molar-refractivity contribution in [2.24, 2.45) is 11.8 Å². The molecule has 0 bridgehead atoms. The molecule has 1 rings (SSSR count). The summed E-state index contributed by atoms with van der Waals surface area (Å²) in [5, 5.41) is 0. The molecular formula is C10H16O2. The third-order valence-corrected chi connectivity index (χ3v) is 2.66. The van der Waals surface area contributed by atoms with Crippen molar-refractivity contribution in [3.05, 3.63) is 0 Å². The average Bonchev–Trinajstić information content (AvgIpc) is 2.05. The molecule has 2 nitrogen and oxygen atoms in total. The van der Waals surface area contributed by atoms with E-state index in [1.165, 1.54) is 0 Å². The molecule has 0 aromatic rings. The van der Waals surface area contributed by atoms with Gasteiger partial charge in [-0.2, -0.15) is 0 Å². The van der Waals surface area contributed by atoms with Crippen molar-refractivity contribution in [1.29, 1.82) is 0 Å². The molecule has 0 radical (unpaired) electrons. The van der Waals surface area contributed by atoms with E-state index < -0.39 is 0 Å². The maximum Gasteiger partial charge on any atom is 0.130 e. The van der Waals surface area contributed by atoms with Gasteiger partial charge in [-0.3, -0.25) is 0 Å². The molecule has 1 aliphatic rings. The van der Waals surface area contributed by atoms with Gasteiger partial charge in [-0.25, -0.2) is 0 Å². The van der Waals surface area contributed by atoms with Crippen molar-refractivity contribution < 1.29 is 9.59 Å². The van der Waals surface area contributed by atoms with Gasteiger partial charge in [0.05, 0.1) is 0 Å². The minimum atomic E-state index is 0.271. The molecule has 2 heteroatoms. The Morgan fingerprint density at radius 3 is 2.33 bits per heavy atom. The smallest absolute Gasteiger partial charge is 0.130 e. The molecule has 12 heavy (non-hydrogen) atoms. The molecule has 1 fully saturated rings. The number of aldehydes is 1. The number of rotatable bonds is 3. The van der Waals surface area contributed by atoms with E-state index in [0.717, 1.165) is 32.0 Å². The second-order valence-electron chi connectivity index (χ2n) is 3.82. The first kappa shape index (κ1) is 9.43. The highest BCUT2D eigenvalue weighted by atomic mass is 16.1. The summed E-state index contributed by atoms with van der Waals surface area (Å²) in [5.74, 6) is 1.11. The number of carbonyl (C=O) groups is 2. The standard InChI is InChI=1S/C10H16O2/c1-8(12)6-9-2-4-10(7-11)5-3-9/h7,9-10H,2-6H2,1H3/t9-,10+. The molecule has 0 aromatic carbocycles. The molecule has 68 valence electrons. The molecule has 0 heterocycles. The van der Waals surface area contributed by atoms with E-state index >= 15 is 0 Å². The van der Waals surface area contributed by atoms with Crippen LogP contribution in [-0.4, -0.2) is 12.1 Å². The first-order valence-corrected chi connectivity index (χ1v) is 4.67. The minimum absolute atomic E-state index is 0.271. The van der Waals surface area contributed by atoms with Crippen LogP contribution in [0.1, 0.15) is 39.0 Å². The molecule has 0 atom stereocenters. The predicted molar refractivity (Wildman–Crippen MR) is 46.8 cm³/mol. The van der Waals surface area contributed by atoms with Crippen LogP contribution in [0.25, 0.3) is 0 Å². The van der Waals surface area contributed by atoms with Crippen LogP contribution >= 0.6 is 0 Å². The zero-order valence-corrected chi connectivity index (χ0v) is 7.58. The lowest BCUT2D eigenvalue weighted by molar-refractivity contribution is -0.118. The van der Waals surface area contributed by atoms with Gasteiger partial charge < -0.3 is 9.59 Å². The minimum Gasteiger partial charge on any atom is -0.303 e. The van der Waals surface area contributed by atoms with Crippen LogP contribution in [-0.2, 0) is 9.59 Å². The highest BCUT2D eigenvalue weighted by Gasteiger charge is 2.21. The number of hydrogen-bond donors (Lipinski definition) is 0.